The quantitative estimate of drug-likeness (QED) is 0.753. The first-order valence-corrected chi connectivity index (χ1v) is 6.67. The van der Waals surface area contributed by atoms with Gasteiger partial charge in [-0.25, -0.2) is 0 Å². The molecule has 1 saturated carbocycles. The molecule has 88 valence electrons. The normalized spacial score (nSPS) is 32.8. The highest BCUT2D eigenvalue weighted by Gasteiger charge is 2.35. The summed E-state index contributed by atoms with van der Waals surface area (Å²) < 4.78 is 0. The van der Waals surface area contributed by atoms with Crippen LogP contribution in [0.5, 0.6) is 0 Å². The molecule has 0 aromatic rings. The summed E-state index contributed by atoms with van der Waals surface area (Å²) in [7, 11) is 2.11. The van der Waals surface area contributed by atoms with Gasteiger partial charge in [-0.3, -0.25) is 4.90 Å². The summed E-state index contributed by atoms with van der Waals surface area (Å²) in [5, 5.41) is 3.45. The zero-order valence-electron chi connectivity index (χ0n) is 10.4. The SMILES string of the molecule is CNC1CCCN(C2(C)CCCCC2)C1. The molecule has 1 aliphatic carbocycles. The molecule has 2 heteroatoms. The van der Waals surface area contributed by atoms with Crippen LogP contribution in [-0.4, -0.2) is 36.6 Å². The predicted molar refractivity (Wildman–Crippen MR) is 65.1 cm³/mol. The van der Waals surface area contributed by atoms with E-state index >= 15 is 0 Å². The average Bonchev–Trinajstić information content (AvgIpc) is 2.30. The van der Waals surface area contributed by atoms with E-state index in [0.717, 1.165) is 6.04 Å². The summed E-state index contributed by atoms with van der Waals surface area (Å²) in [5.74, 6) is 0. The molecule has 1 heterocycles. The third-order valence-corrected chi connectivity index (χ3v) is 4.52. The van der Waals surface area contributed by atoms with Crippen LogP contribution in [0.2, 0.25) is 0 Å². The summed E-state index contributed by atoms with van der Waals surface area (Å²) >= 11 is 0. The van der Waals surface area contributed by atoms with Crippen molar-refractivity contribution in [3.63, 3.8) is 0 Å². The first kappa shape index (κ1) is 11.4. The summed E-state index contributed by atoms with van der Waals surface area (Å²) in [6.07, 6.45) is 9.92. The van der Waals surface area contributed by atoms with E-state index in [1.165, 1.54) is 58.0 Å². The predicted octanol–water partition coefficient (Wildman–Crippen LogP) is 2.39. The lowest BCUT2D eigenvalue weighted by Crippen LogP contribution is -2.55. The molecule has 2 fully saturated rings. The lowest BCUT2D eigenvalue weighted by Gasteiger charge is -2.47. The molecule has 1 atom stereocenters. The molecular formula is C13H26N2. The molecule has 0 aromatic heterocycles. The van der Waals surface area contributed by atoms with Gasteiger partial charge in [-0.05, 0) is 46.2 Å². The molecule has 2 rings (SSSR count). The third kappa shape index (κ3) is 2.54. The molecule has 1 N–H and O–H groups in total. The van der Waals surface area contributed by atoms with Gasteiger partial charge in [-0.1, -0.05) is 19.3 Å². The van der Waals surface area contributed by atoms with Gasteiger partial charge in [0, 0.05) is 18.1 Å². The Morgan fingerprint density at radius 1 is 1.13 bits per heavy atom. The minimum absolute atomic E-state index is 0.522. The molecule has 0 bridgehead atoms. The van der Waals surface area contributed by atoms with Gasteiger partial charge in [-0.15, -0.1) is 0 Å². The van der Waals surface area contributed by atoms with E-state index < -0.39 is 0 Å². The lowest BCUT2D eigenvalue weighted by molar-refractivity contribution is 0.0372. The number of likely N-dealkylation sites (tertiary alicyclic amines) is 1. The van der Waals surface area contributed by atoms with Crippen LogP contribution in [-0.2, 0) is 0 Å². The van der Waals surface area contributed by atoms with Crippen LogP contribution >= 0.6 is 0 Å². The number of hydrogen-bond acceptors (Lipinski definition) is 2. The Hall–Kier alpha value is -0.0800. The van der Waals surface area contributed by atoms with Gasteiger partial charge >= 0.3 is 0 Å². The van der Waals surface area contributed by atoms with Crippen molar-refractivity contribution in [3.05, 3.63) is 0 Å². The minimum Gasteiger partial charge on any atom is -0.316 e. The summed E-state index contributed by atoms with van der Waals surface area (Å²) in [5.41, 5.74) is 0.522. The van der Waals surface area contributed by atoms with Crippen molar-refractivity contribution >= 4 is 0 Å². The number of piperidine rings is 1. The molecule has 0 aromatic carbocycles. The van der Waals surface area contributed by atoms with Gasteiger partial charge in [0.05, 0.1) is 0 Å². The standard InChI is InChI=1S/C13H26N2/c1-13(8-4-3-5-9-13)15-10-6-7-12(11-15)14-2/h12,14H,3-11H2,1-2H3. The van der Waals surface area contributed by atoms with Crippen molar-refractivity contribution in [1.29, 1.82) is 0 Å². The highest BCUT2D eigenvalue weighted by atomic mass is 15.2. The molecule has 15 heavy (non-hydrogen) atoms. The fourth-order valence-electron chi connectivity index (χ4n) is 3.33. The molecule has 2 nitrogen and oxygen atoms in total. The Bertz CT molecular complexity index is 197. The number of rotatable bonds is 2. The van der Waals surface area contributed by atoms with E-state index in [1.54, 1.807) is 0 Å². The largest absolute Gasteiger partial charge is 0.316 e. The van der Waals surface area contributed by atoms with Gasteiger partial charge in [0.25, 0.3) is 0 Å². The number of nitrogens with zero attached hydrogens (tertiary/aromatic N) is 1. The summed E-state index contributed by atoms with van der Waals surface area (Å²) in [4.78, 5) is 2.76. The van der Waals surface area contributed by atoms with Gasteiger partial charge in [-0.2, -0.15) is 0 Å². The average molecular weight is 210 g/mol. The number of likely N-dealkylation sites (N-methyl/N-ethyl adjacent to an activating group) is 1. The highest BCUT2D eigenvalue weighted by molar-refractivity contribution is 4.92. The first-order valence-electron chi connectivity index (χ1n) is 6.67. The maximum atomic E-state index is 3.45. The topological polar surface area (TPSA) is 15.3 Å². The van der Waals surface area contributed by atoms with Crippen LogP contribution in [0.25, 0.3) is 0 Å². The molecular weight excluding hydrogens is 184 g/mol. The van der Waals surface area contributed by atoms with E-state index in [-0.39, 0.29) is 0 Å². The van der Waals surface area contributed by atoms with Crippen molar-refractivity contribution in [3.8, 4) is 0 Å². The molecule has 1 aliphatic heterocycles. The van der Waals surface area contributed by atoms with E-state index in [4.69, 9.17) is 0 Å². The van der Waals surface area contributed by atoms with E-state index in [2.05, 4.69) is 24.2 Å². The van der Waals surface area contributed by atoms with Crippen molar-refractivity contribution in [2.24, 2.45) is 0 Å². The van der Waals surface area contributed by atoms with Crippen molar-refractivity contribution < 1.29 is 0 Å². The van der Waals surface area contributed by atoms with Crippen molar-refractivity contribution in [2.45, 2.75) is 63.5 Å². The maximum absolute atomic E-state index is 3.45. The van der Waals surface area contributed by atoms with Gasteiger partial charge in [0.1, 0.15) is 0 Å². The van der Waals surface area contributed by atoms with Crippen LogP contribution < -0.4 is 5.32 Å². The van der Waals surface area contributed by atoms with E-state index in [0.29, 0.717) is 5.54 Å². The van der Waals surface area contributed by atoms with E-state index in [9.17, 15) is 0 Å². The second-order valence-corrected chi connectivity index (χ2v) is 5.63. The zero-order valence-corrected chi connectivity index (χ0v) is 10.4. The minimum atomic E-state index is 0.522. The fourth-order valence-corrected chi connectivity index (χ4v) is 3.33. The lowest BCUT2D eigenvalue weighted by atomic mass is 9.80. The molecule has 2 aliphatic rings. The van der Waals surface area contributed by atoms with Gasteiger partial charge < -0.3 is 5.32 Å². The zero-order chi connectivity index (χ0) is 10.7. The smallest absolute Gasteiger partial charge is 0.0192 e. The molecule has 1 saturated heterocycles. The Morgan fingerprint density at radius 2 is 1.87 bits per heavy atom. The fraction of sp³-hybridized carbons (Fsp3) is 1.00. The summed E-state index contributed by atoms with van der Waals surface area (Å²) in [6.45, 7) is 5.09. The molecule has 0 radical (unpaired) electrons. The maximum Gasteiger partial charge on any atom is 0.0192 e. The molecule has 1 unspecified atom stereocenters. The number of nitrogens with one attached hydrogen (secondary N) is 1. The second-order valence-electron chi connectivity index (χ2n) is 5.63. The van der Waals surface area contributed by atoms with Crippen LogP contribution in [0.4, 0.5) is 0 Å². The van der Waals surface area contributed by atoms with Crippen LogP contribution in [0.3, 0.4) is 0 Å². The molecule has 0 spiro atoms. The van der Waals surface area contributed by atoms with Crippen LogP contribution in [0.1, 0.15) is 51.9 Å². The Kier molecular flexibility index (Phi) is 3.68. The first-order chi connectivity index (χ1) is 7.24. The number of hydrogen-bond donors (Lipinski definition) is 1. The van der Waals surface area contributed by atoms with Crippen LogP contribution in [0.15, 0.2) is 0 Å². The van der Waals surface area contributed by atoms with Gasteiger partial charge in [0.15, 0.2) is 0 Å². The monoisotopic (exact) mass is 210 g/mol. The summed E-state index contributed by atoms with van der Waals surface area (Å²) in [6, 6.07) is 0.734. The Balaban J connectivity index is 1.95. The highest BCUT2D eigenvalue weighted by Crippen LogP contribution is 2.34. The Labute approximate surface area is 94.4 Å². The van der Waals surface area contributed by atoms with Crippen LogP contribution in [0, 0.1) is 0 Å². The molecule has 0 amide bonds. The van der Waals surface area contributed by atoms with Gasteiger partial charge in [0.2, 0.25) is 0 Å². The second kappa shape index (κ2) is 4.84. The van der Waals surface area contributed by atoms with Crippen molar-refractivity contribution in [2.75, 3.05) is 20.1 Å². The van der Waals surface area contributed by atoms with Crippen molar-refractivity contribution in [1.82, 2.24) is 10.2 Å². The van der Waals surface area contributed by atoms with E-state index in [1.807, 2.05) is 0 Å². The third-order valence-electron chi connectivity index (χ3n) is 4.52. The Morgan fingerprint density at radius 3 is 2.53 bits per heavy atom.